The molecule has 0 aromatic heterocycles. The van der Waals surface area contributed by atoms with Crippen LogP contribution < -0.4 is 10.6 Å². The number of benzene rings is 1. The number of carbonyl (C=O) groups is 1. The topological polar surface area (TPSA) is 44.4 Å². The molecule has 1 aromatic rings. The molecule has 1 aromatic carbocycles. The van der Waals surface area contributed by atoms with Crippen LogP contribution in [-0.4, -0.2) is 43.5 Å². The lowest BCUT2D eigenvalue weighted by atomic mass is 10.2. The summed E-state index contributed by atoms with van der Waals surface area (Å²) in [6.07, 6.45) is 0. The van der Waals surface area contributed by atoms with Gasteiger partial charge >= 0.3 is 0 Å². The van der Waals surface area contributed by atoms with Gasteiger partial charge in [-0.15, -0.1) is 0 Å². The number of hydrogen-bond acceptors (Lipinski definition) is 3. The summed E-state index contributed by atoms with van der Waals surface area (Å²) in [6.45, 7) is 10.3. The van der Waals surface area contributed by atoms with Crippen molar-refractivity contribution in [2.45, 2.75) is 20.8 Å². The fraction of sp³-hybridized carbons (Fsp3) is 0.533. The Labute approximate surface area is 116 Å². The van der Waals surface area contributed by atoms with Crippen LogP contribution in [0, 0.1) is 6.92 Å². The molecule has 1 aliphatic rings. The number of aryl methyl sites for hydroxylation is 1. The quantitative estimate of drug-likeness (QED) is 0.875. The Morgan fingerprint density at radius 2 is 2.00 bits per heavy atom. The molecule has 0 saturated carbocycles. The lowest BCUT2D eigenvalue weighted by molar-refractivity contribution is -0.117. The van der Waals surface area contributed by atoms with Gasteiger partial charge in [0.05, 0.1) is 6.54 Å². The molecular weight excluding hydrogens is 238 g/mol. The van der Waals surface area contributed by atoms with E-state index in [0.717, 1.165) is 37.4 Å². The summed E-state index contributed by atoms with van der Waals surface area (Å²) in [4.78, 5) is 14.0. The Bertz CT molecular complexity index is 387. The van der Waals surface area contributed by atoms with Crippen molar-refractivity contribution in [3.8, 4) is 0 Å². The molecule has 4 nitrogen and oxygen atoms in total. The summed E-state index contributed by atoms with van der Waals surface area (Å²) in [6, 6.07) is 7.88. The van der Waals surface area contributed by atoms with E-state index in [4.69, 9.17) is 0 Å². The van der Waals surface area contributed by atoms with Crippen molar-refractivity contribution in [1.82, 2.24) is 10.2 Å². The third kappa shape index (κ3) is 5.85. The fourth-order valence-corrected chi connectivity index (χ4v) is 2.00. The molecule has 1 heterocycles. The average molecular weight is 263 g/mol. The van der Waals surface area contributed by atoms with E-state index in [1.807, 2.05) is 45.0 Å². The van der Waals surface area contributed by atoms with E-state index >= 15 is 0 Å². The van der Waals surface area contributed by atoms with E-state index in [0.29, 0.717) is 6.54 Å². The van der Waals surface area contributed by atoms with E-state index in [2.05, 4.69) is 15.5 Å². The maximum absolute atomic E-state index is 11.8. The molecule has 0 spiro atoms. The molecule has 1 amide bonds. The monoisotopic (exact) mass is 263 g/mol. The zero-order valence-electron chi connectivity index (χ0n) is 12.2. The van der Waals surface area contributed by atoms with E-state index in [9.17, 15) is 4.79 Å². The average Bonchev–Trinajstić information content (AvgIpc) is 2.42. The highest BCUT2D eigenvalue weighted by atomic mass is 16.2. The second kappa shape index (κ2) is 8.67. The van der Waals surface area contributed by atoms with Gasteiger partial charge in [0.15, 0.2) is 0 Å². The molecule has 0 atom stereocenters. The van der Waals surface area contributed by atoms with Gasteiger partial charge in [-0.25, -0.2) is 0 Å². The van der Waals surface area contributed by atoms with Crippen molar-refractivity contribution in [3.63, 3.8) is 0 Å². The molecule has 0 bridgehead atoms. The summed E-state index contributed by atoms with van der Waals surface area (Å²) in [5.41, 5.74) is 2.04. The second-order valence-electron chi connectivity index (χ2n) is 4.44. The number of nitrogens with one attached hydrogen (secondary N) is 2. The summed E-state index contributed by atoms with van der Waals surface area (Å²) in [7, 11) is 0. The number of anilines is 1. The van der Waals surface area contributed by atoms with E-state index in [-0.39, 0.29) is 5.91 Å². The first-order chi connectivity index (χ1) is 9.24. The van der Waals surface area contributed by atoms with Crippen LogP contribution in [-0.2, 0) is 4.79 Å². The highest BCUT2D eigenvalue weighted by Crippen LogP contribution is 2.09. The minimum absolute atomic E-state index is 0.0671. The highest BCUT2D eigenvalue weighted by Gasteiger charge is 2.13. The second-order valence-corrected chi connectivity index (χ2v) is 4.44. The van der Waals surface area contributed by atoms with Crippen molar-refractivity contribution in [1.29, 1.82) is 0 Å². The predicted octanol–water partition coefficient (Wildman–Crippen LogP) is 1.86. The van der Waals surface area contributed by atoms with Gasteiger partial charge in [0.25, 0.3) is 0 Å². The van der Waals surface area contributed by atoms with Crippen molar-refractivity contribution in [3.05, 3.63) is 29.8 Å². The number of hydrogen-bond donors (Lipinski definition) is 2. The lowest BCUT2D eigenvalue weighted by Gasteiger charge is -2.26. The van der Waals surface area contributed by atoms with Crippen LogP contribution in [0.2, 0.25) is 0 Å². The Hall–Kier alpha value is -1.39. The summed E-state index contributed by atoms with van der Waals surface area (Å²) < 4.78 is 0. The molecule has 106 valence electrons. The van der Waals surface area contributed by atoms with Gasteiger partial charge in [0.1, 0.15) is 0 Å². The van der Waals surface area contributed by atoms with Crippen LogP contribution in [0.5, 0.6) is 0 Å². The number of rotatable bonds is 3. The van der Waals surface area contributed by atoms with Crippen LogP contribution in [0.1, 0.15) is 19.4 Å². The standard InChI is InChI=1S/C13H19N3O.C2H6/c1-11-3-2-4-12(9-11)15-13(17)10-16-7-5-14-6-8-16;1-2/h2-4,9,14H,5-8,10H2,1H3,(H,15,17);1-2H3. The van der Waals surface area contributed by atoms with Crippen LogP contribution in [0.4, 0.5) is 5.69 Å². The van der Waals surface area contributed by atoms with Crippen LogP contribution >= 0.6 is 0 Å². The van der Waals surface area contributed by atoms with Crippen molar-refractivity contribution in [2.75, 3.05) is 38.0 Å². The maximum atomic E-state index is 11.8. The predicted molar refractivity (Wildman–Crippen MR) is 80.5 cm³/mol. The smallest absolute Gasteiger partial charge is 0.238 e. The zero-order valence-corrected chi connectivity index (χ0v) is 12.2. The Morgan fingerprint density at radius 1 is 1.32 bits per heavy atom. The van der Waals surface area contributed by atoms with Crippen molar-refractivity contribution < 1.29 is 4.79 Å². The Balaban J connectivity index is 0.000000861. The molecule has 0 radical (unpaired) electrons. The summed E-state index contributed by atoms with van der Waals surface area (Å²) >= 11 is 0. The zero-order chi connectivity index (χ0) is 14.1. The number of carbonyl (C=O) groups excluding carboxylic acids is 1. The normalized spacial score (nSPS) is 15.3. The van der Waals surface area contributed by atoms with Crippen LogP contribution in [0.25, 0.3) is 0 Å². The van der Waals surface area contributed by atoms with Gasteiger partial charge in [-0.05, 0) is 24.6 Å². The fourth-order valence-electron chi connectivity index (χ4n) is 2.00. The largest absolute Gasteiger partial charge is 0.325 e. The molecule has 1 fully saturated rings. The van der Waals surface area contributed by atoms with Gasteiger partial charge < -0.3 is 10.6 Å². The van der Waals surface area contributed by atoms with E-state index < -0.39 is 0 Å². The summed E-state index contributed by atoms with van der Waals surface area (Å²) in [5, 5.41) is 6.20. The molecule has 0 unspecified atom stereocenters. The van der Waals surface area contributed by atoms with Crippen LogP contribution in [0.3, 0.4) is 0 Å². The third-order valence-corrected chi connectivity index (χ3v) is 2.88. The van der Waals surface area contributed by atoms with Crippen molar-refractivity contribution in [2.24, 2.45) is 0 Å². The van der Waals surface area contributed by atoms with Gasteiger partial charge in [0.2, 0.25) is 5.91 Å². The van der Waals surface area contributed by atoms with Gasteiger partial charge in [-0.3, -0.25) is 9.69 Å². The third-order valence-electron chi connectivity index (χ3n) is 2.88. The first kappa shape index (κ1) is 15.7. The maximum Gasteiger partial charge on any atom is 0.238 e. The van der Waals surface area contributed by atoms with E-state index in [1.54, 1.807) is 0 Å². The van der Waals surface area contributed by atoms with Crippen molar-refractivity contribution >= 4 is 11.6 Å². The molecule has 1 saturated heterocycles. The summed E-state index contributed by atoms with van der Waals surface area (Å²) in [5.74, 6) is 0.0671. The Morgan fingerprint density at radius 3 is 2.63 bits per heavy atom. The number of amides is 1. The Kier molecular flexibility index (Phi) is 7.15. The van der Waals surface area contributed by atoms with E-state index in [1.165, 1.54) is 0 Å². The lowest BCUT2D eigenvalue weighted by Crippen LogP contribution is -2.46. The number of piperazine rings is 1. The minimum Gasteiger partial charge on any atom is -0.325 e. The van der Waals surface area contributed by atoms with Crippen LogP contribution in [0.15, 0.2) is 24.3 Å². The van der Waals surface area contributed by atoms with Gasteiger partial charge in [-0.2, -0.15) is 0 Å². The first-order valence-corrected chi connectivity index (χ1v) is 7.03. The number of nitrogens with zero attached hydrogens (tertiary/aromatic N) is 1. The molecular formula is C15H25N3O. The SMILES string of the molecule is CC.Cc1cccc(NC(=O)CN2CCNCC2)c1. The molecule has 4 heteroatoms. The van der Waals surface area contributed by atoms with Gasteiger partial charge in [-0.1, -0.05) is 26.0 Å². The first-order valence-electron chi connectivity index (χ1n) is 7.03. The molecule has 2 N–H and O–H groups in total. The molecule has 2 rings (SSSR count). The molecule has 0 aliphatic carbocycles. The van der Waals surface area contributed by atoms with Gasteiger partial charge in [0, 0.05) is 31.9 Å². The molecule has 19 heavy (non-hydrogen) atoms. The molecule has 1 aliphatic heterocycles. The highest BCUT2D eigenvalue weighted by molar-refractivity contribution is 5.92. The minimum atomic E-state index is 0.0671.